The number of rotatable bonds is 9. The van der Waals surface area contributed by atoms with E-state index in [1.54, 1.807) is 32.1 Å². The first-order valence-electron chi connectivity index (χ1n) is 10.8. The minimum absolute atomic E-state index is 0.207. The fourth-order valence-corrected chi connectivity index (χ4v) is 4.36. The highest BCUT2D eigenvalue weighted by atomic mass is 79.9. The van der Waals surface area contributed by atoms with Crippen molar-refractivity contribution in [3.05, 3.63) is 62.5 Å². The van der Waals surface area contributed by atoms with Crippen LogP contribution < -0.4 is 9.47 Å². The zero-order chi connectivity index (χ0) is 24.8. The quantitative estimate of drug-likeness (QED) is 0.293. The Labute approximate surface area is 211 Å². The molecule has 9 heteroatoms. The van der Waals surface area contributed by atoms with Gasteiger partial charge in [0.15, 0.2) is 11.5 Å². The molecule has 0 bridgehead atoms. The molecule has 0 radical (unpaired) electrons. The van der Waals surface area contributed by atoms with Crippen molar-refractivity contribution in [2.24, 2.45) is 0 Å². The number of carbonyl (C=O) groups is 3. The highest BCUT2D eigenvalue weighted by molar-refractivity contribution is 9.10. The standard InChI is InChI=1S/C25H26BrNO6S/c1-5-31-20-10-18(19(26)12-21(20)32-14-17-8-6-16(4)7-9-17)11-22-24(29)27(25(30)34-22)13-23(28)33-15(2)3/h6-12,15H,5,13-14H2,1-4H3/b22-11+. The summed E-state index contributed by atoms with van der Waals surface area (Å²) in [6, 6.07) is 11.6. The molecule has 0 saturated carbocycles. The molecule has 2 aromatic carbocycles. The number of ether oxygens (including phenoxy) is 3. The first kappa shape index (κ1) is 25.8. The van der Waals surface area contributed by atoms with E-state index in [9.17, 15) is 14.4 Å². The summed E-state index contributed by atoms with van der Waals surface area (Å²) in [7, 11) is 0. The van der Waals surface area contributed by atoms with Gasteiger partial charge in [-0.05, 0) is 68.8 Å². The molecule has 1 saturated heterocycles. The van der Waals surface area contributed by atoms with Gasteiger partial charge in [-0.3, -0.25) is 19.3 Å². The van der Waals surface area contributed by atoms with Crippen LogP contribution in [0.2, 0.25) is 0 Å². The van der Waals surface area contributed by atoms with Crippen molar-refractivity contribution in [3.63, 3.8) is 0 Å². The lowest BCUT2D eigenvalue weighted by Gasteiger charge is -2.14. The topological polar surface area (TPSA) is 82.1 Å². The van der Waals surface area contributed by atoms with Gasteiger partial charge in [-0.1, -0.05) is 45.8 Å². The number of hydrogen-bond donors (Lipinski definition) is 0. The Balaban J connectivity index is 1.80. The fourth-order valence-electron chi connectivity index (χ4n) is 3.09. The Morgan fingerprint density at radius 3 is 2.44 bits per heavy atom. The molecular formula is C25H26BrNO6S. The molecule has 1 fully saturated rings. The van der Waals surface area contributed by atoms with Crippen molar-refractivity contribution < 1.29 is 28.6 Å². The molecular weight excluding hydrogens is 522 g/mol. The van der Waals surface area contributed by atoms with Crippen molar-refractivity contribution in [2.75, 3.05) is 13.2 Å². The molecule has 1 heterocycles. The van der Waals surface area contributed by atoms with Crippen molar-refractivity contribution >= 4 is 50.9 Å². The molecule has 7 nitrogen and oxygen atoms in total. The summed E-state index contributed by atoms with van der Waals surface area (Å²) < 4.78 is 17.5. The van der Waals surface area contributed by atoms with Gasteiger partial charge >= 0.3 is 5.97 Å². The summed E-state index contributed by atoms with van der Waals surface area (Å²) in [6.45, 7) is 7.68. The average Bonchev–Trinajstić information content (AvgIpc) is 3.03. The van der Waals surface area contributed by atoms with E-state index in [0.29, 0.717) is 34.7 Å². The third kappa shape index (κ3) is 6.64. The Kier molecular flexibility index (Phi) is 8.79. The molecule has 0 aromatic heterocycles. The number of aryl methyl sites for hydroxylation is 1. The molecule has 34 heavy (non-hydrogen) atoms. The third-order valence-corrected chi connectivity index (χ3v) is 6.29. The maximum Gasteiger partial charge on any atom is 0.326 e. The lowest BCUT2D eigenvalue weighted by molar-refractivity contribution is -0.149. The van der Waals surface area contributed by atoms with E-state index in [1.807, 2.05) is 38.1 Å². The number of hydrogen-bond acceptors (Lipinski definition) is 7. The first-order valence-corrected chi connectivity index (χ1v) is 12.4. The van der Waals surface area contributed by atoms with E-state index in [-0.39, 0.29) is 11.0 Å². The monoisotopic (exact) mass is 547 g/mol. The predicted octanol–water partition coefficient (Wildman–Crippen LogP) is 5.72. The van der Waals surface area contributed by atoms with E-state index >= 15 is 0 Å². The summed E-state index contributed by atoms with van der Waals surface area (Å²) in [4.78, 5) is 38.1. The number of esters is 1. The average molecular weight is 548 g/mol. The highest BCUT2D eigenvalue weighted by Gasteiger charge is 2.37. The van der Waals surface area contributed by atoms with Crippen LogP contribution in [0.25, 0.3) is 6.08 Å². The summed E-state index contributed by atoms with van der Waals surface area (Å²) in [5.41, 5.74) is 2.84. The fraction of sp³-hybridized carbons (Fsp3) is 0.320. The van der Waals surface area contributed by atoms with Gasteiger partial charge in [-0.25, -0.2) is 0 Å². The molecule has 2 amide bonds. The minimum atomic E-state index is -0.631. The van der Waals surface area contributed by atoms with Gasteiger partial charge in [-0.15, -0.1) is 0 Å². The predicted molar refractivity (Wildman–Crippen MR) is 135 cm³/mol. The zero-order valence-electron chi connectivity index (χ0n) is 19.4. The van der Waals surface area contributed by atoms with E-state index < -0.39 is 23.7 Å². The number of benzene rings is 2. The van der Waals surface area contributed by atoms with Gasteiger partial charge in [-0.2, -0.15) is 0 Å². The van der Waals surface area contributed by atoms with Crippen LogP contribution in [0.15, 0.2) is 45.8 Å². The Bertz CT molecular complexity index is 1110. The number of nitrogens with zero attached hydrogens (tertiary/aromatic N) is 1. The second-order valence-corrected chi connectivity index (χ2v) is 9.68. The molecule has 0 N–H and O–H groups in total. The third-order valence-electron chi connectivity index (χ3n) is 4.69. The van der Waals surface area contributed by atoms with Gasteiger partial charge in [0.1, 0.15) is 13.2 Å². The number of amides is 2. The molecule has 0 atom stereocenters. The number of thioether (sulfide) groups is 1. The molecule has 2 aromatic rings. The van der Waals surface area contributed by atoms with Gasteiger partial charge in [0.2, 0.25) is 0 Å². The summed E-state index contributed by atoms with van der Waals surface area (Å²) in [5, 5.41) is -0.517. The van der Waals surface area contributed by atoms with Crippen LogP contribution in [0.4, 0.5) is 4.79 Å². The maximum atomic E-state index is 12.8. The van der Waals surface area contributed by atoms with Crippen LogP contribution in [-0.4, -0.2) is 41.3 Å². The van der Waals surface area contributed by atoms with Crippen molar-refractivity contribution in [3.8, 4) is 11.5 Å². The Morgan fingerprint density at radius 1 is 1.12 bits per heavy atom. The van der Waals surface area contributed by atoms with E-state index in [0.717, 1.165) is 22.2 Å². The van der Waals surface area contributed by atoms with E-state index in [2.05, 4.69) is 15.9 Å². The normalized spacial score (nSPS) is 14.8. The Morgan fingerprint density at radius 2 is 1.79 bits per heavy atom. The van der Waals surface area contributed by atoms with Crippen LogP contribution in [0.1, 0.15) is 37.5 Å². The van der Waals surface area contributed by atoms with Gasteiger partial charge < -0.3 is 14.2 Å². The summed E-state index contributed by atoms with van der Waals surface area (Å²) >= 11 is 4.30. The number of halogens is 1. The SMILES string of the molecule is CCOc1cc(/C=C2/SC(=O)N(CC(=O)OC(C)C)C2=O)c(Br)cc1OCc1ccc(C)cc1. The van der Waals surface area contributed by atoms with Gasteiger partial charge in [0, 0.05) is 4.47 Å². The van der Waals surface area contributed by atoms with Crippen molar-refractivity contribution in [1.29, 1.82) is 0 Å². The summed E-state index contributed by atoms with van der Waals surface area (Å²) in [5.74, 6) is -0.103. The largest absolute Gasteiger partial charge is 0.490 e. The number of imide groups is 1. The molecule has 0 spiro atoms. The van der Waals surface area contributed by atoms with Crippen LogP contribution in [-0.2, 0) is 20.9 Å². The molecule has 1 aliphatic rings. The van der Waals surface area contributed by atoms with Gasteiger partial charge in [0.05, 0.1) is 17.6 Å². The molecule has 0 unspecified atom stereocenters. The smallest absolute Gasteiger partial charge is 0.326 e. The second-order valence-electron chi connectivity index (χ2n) is 7.83. The van der Waals surface area contributed by atoms with Gasteiger partial charge in [0.25, 0.3) is 11.1 Å². The Hall–Kier alpha value is -2.78. The molecule has 180 valence electrons. The van der Waals surface area contributed by atoms with Crippen molar-refractivity contribution in [2.45, 2.75) is 40.4 Å². The first-order chi connectivity index (χ1) is 16.2. The minimum Gasteiger partial charge on any atom is -0.490 e. The molecule has 3 rings (SSSR count). The van der Waals surface area contributed by atoms with Crippen LogP contribution >= 0.6 is 27.7 Å². The van der Waals surface area contributed by atoms with Crippen LogP contribution in [0.5, 0.6) is 11.5 Å². The van der Waals surface area contributed by atoms with Crippen LogP contribution in [0, 0.1) is 6.92 Å². The lowest BCUT2D eigenvalue weighted by atomic mass is 10.1. The van der Waals surface area contributed by atoms with Crippen LogP contribution in [0.3, 0.4) is 0 Å². The highest BCUT2D eigenvalue weighted by Crippen LogP contribution is 2.38. The lowest BCUT2D eigenvalue weighted by Crippen LogP contribution is -2.35. The summed E-state index contributed by atoms with van der Waals surface area (Å²) in [6.07, 6.45) is 1.26. The van der Waals surface area contributed by atoms with E-state index in [1.165, 1.54) is 5.56 Å². The van der Waals surface area contributed by atoms with E-state index in [4.69, 9.17) is 14.2 Å². The van der Waals surface area contributed by atoms with Crippen molar-refractivity contribution in [1.82, 2.24) is 4.90 Å². The number of carbonyl (C=O) groups excluding carboxylic acids is 3. The second kappa shape index (κ2) is 11.6. The maximum absolute atomic E-state index is 12.8. The molecule has 0 aliphatic carbocycles. The molecule has 1 aliphatic heterocycles. The zero-order valence-corrected chi connectivity index (χ0v) is 21.8.